The van der Waals surface area contributed by atoms with Gasteiger partial charge in [0.15, 0.2) is 0 Å². The molecule has 3 fully saturated rings. The summed E-state index contributed by atoms with van der Waals surface area (Å²) in [7, 11) is 2.98. The van der Waals surface area contributed by atoms with Crippen LogP contribution in [0.5, 0.6) is 0 Å². The number of carbonyl (C=O) groups is 4. The topological polar surface area (TPSA) is 164 Å². The van der Waals surface area contributed by atoms with Gasteiger partial charge in [0, 0.05) is 87.2 Å². The van der Waals surface area contributed by atoms with Crippen molar-refractivity contribution < 1.29 is 51.0 Å². The number of carbonyl (C=O) groups excluding carboxylic acids is 4. The van der Waals surface area contributed by atoms with E-state index in [9.17, 15) is 32.3 Å². The number of amides is 4. The predicted octanol–water partition coefficient (Wildman–Crippen LogP) is 6.75. The third kappa shape index (κ3) is 10.3. The number of rotatable bonds is 9. The van der Waals surface area contributed by atoms with Crippen LogP contribution in [0.3, 0.4) is 0 Å². The molecule has 70 heavy (non-hydrogen) atoms. The zero-order valence-corrected chi connectivity index (χ0v) is 41.8. The van der Waals surface area contributed by atoms with Crippen molar-refractivity contribution in [1.29, 1.82) is 0 Å². The van der Waals surface area contributed by atoms with Crippen LogP contribution in [0.2, 0.25) is 0 Å². The highest BCUT2D eigenvalue weighted by molar-refractivity contribution is 7.10. The van der Waals surface area contributed by atoms with E-state index < -0.39 is 90.4 Å². The minimum atomic E-state index is -4.45. The number of likely N-dealkylation sites (N-methyl/N-ethyl adjacent to an activating group) is 1. The molecule has 0 unspecified atom stereocenters. The first-order chi connectivity index (χ1) is 33.2. The van der Waals surface area contributed by atoms with Gasteiger partial charge in [-0.25, -0.2) is 19.6 Å². The van der Waals surface area contributed by atoms with E-state index in [1.54, 1.807) is 32.4 Å². The van der Waals surface area contributed by atoms with Crippen molar-refractivity contribution in [2.75, 3.05) is 71.6 Å². The Morgan fingerprint density at radius 1 is 1.09 bits per heavy atom. The second-order valence-electron chi connectivity index (χ2n) is 19.9. The molecule has 16 nitrogen and oxygen atoms in total. The summed E-state index contributed by atoms with van der Waals surface area (Å²) < 4.78 is 76.5. The normalized spacial score (nSPS) is 21.3. The molecule has 4 aliphatic rings. The van der Waals surface area contributed by atoms with Crippen LogP contribution in [0.4, 0.5) is 28.0 Å². The van der Waals surface area contributed by atoms with Gasteiger partial charge in [-0.05, 0) is 62.8 Å². The SMILES string of the molecule is CCn1c(-c2cc(N3CCOCC3)cnc2[C@H](C)OC)c2c3cc(c(F)cc31)-c1csc(n1)C[C@H](NC(=O)[C@H](C(C)C)N(C)C(=O)N1CC(C(F)(F)F)C1)C(=O)N1CCC[C@H](N1)C(=O)OCC(C)(C)C2. The van der Waals surface area contributed by atoms with Gasteiger partial charge in [-0.2, -0.15) is 13.2 Å². The number of hydrogen-bond donors (Lipinski definition) is 2. The van der Waals surface area contributed by atoms with Crippen LogP contribution in [0, 0.1) is 23.1 Å². The van der Waals surface area contributed by atoms with Crippen molar-refractivity contribution in [3.05, 3.63) is 51.9 Å². The lowest BCUT2D eigenvalue weighted by atomic mass is 9.84. The summed E-state index contributed by atoms with van der Waals surface area (Å²) in [6.45, 7) is 13.5. The van der Waals surface area contributed by atoms with Gasteiger partial charge in [0.2, 0.25) is 5.91 Å². The molecule has 7 heterocycles. The molecule has 0 saturated carbocycles. The number of anilines is 1. The minimum Gasteiger partial charge on any atom is -0.464 e. The molecule has 2 N–H and O–H groups in total. The van der Waals surface area contributed by atoms with Gasteiger partial charge in [-0.1, -0.05) is 27.7 Å². The quantitative estimate of drug-likeness (QED) is 0.135. The van der Waals surface area contributed by atoms with Gasteiger partial charge in [0.05, 0.1) is 71.3 Å². The molecule has 1 aromatic carbocycles. The Morgan fingerprint density at radius 2 is 1.81 bits per heavy atom. The van der Waals surface area contributed by atoms with Gasteiger partial charge in [0.1, 0.15) is 23.9 Å². The maximum Gasteiger partial charge on any atom is 0.395 e. The Morgan fingerprint density at radius 3 is 2.49 bits per heavy atom. The number of alkyl halides is 3. The number of nitrogens with zero attached hydrogens (tertiary/aromatic N) is 7. The van der Waals surface area contributed by atoms with Crippen molar-refractivity contribution >= 4 is 51.7 Å². The minimum absolute atomic E-state index is 0.00287. The molecule has 6 bridgehead atoms. The Hall–Kier alpha value is -5.38. The molecule has 3 saturated heterocycles. The highest BCUT2D eigenvalue weighted by Crippen LogP contribution is 2.44. The van der Waals surface area contributed by atoms with E-state index in [1.807, 2.05) is 33.9 Å². The van der Waals surface area contributed by atoms with Gasteiger partial charge in [0.25, 0.3) is 5.91 Å². The molecule has 8 rings (SSSR count). The van der Waals surface area contributed by atoms with Crippen LogP contribution < -0.4 is 15.6 Å². The molecule has 0 radical (unpaired) electrons. The van der Waals surface area contributed by atoms with E-state index in [1.165, 1.54) is 29.5 Å². The highest BCUT2D eigenvalue weighted by atomic mass is 32.1. The summed E-state index contributed by atoms with van der Waals surface area (Å²) >= 11 is 1.18. The summed E-state index contributed by atoms with van der Waals surface area (Å²) in [6.07, 6.45) is -1.93. The molecule has 4 aliphatic heterocycles. The van der Waals surface area contributed by atoms with Gasteiger partial charge in [-0.3, -0.25) is 24.4 Å². The fraction of sp³-hybridized carbons (Fsp3) is 0.592. The third-order valence-electron chi connectivity index (χ3n) is 13.9. The van der Waals surface area contributed by atoms with E-state index in [2.05, 4.69) is 26.3 Å². The van der Waals surface area contributed by atoms with Crippen LogP contribution in [-0.2, 0) is 48.0 Å². The number of halogens is 4. The monoisotopic (exact) mass is 997 g/mol. The van der Waals surface area contributed by atoms with E-state index >= 15 is 4.39 Å². The maximum atomic E-state index is 16.9. The first kappa shape index (κ1) is 51.0. The van der Waals surface area contributed by atoms with Gasteiger partial charge < -0.3 is 38.8 Å². The van der Waals surface area contributed by atoms with E-state index in [0.717, 1.165) is 37.7 Å². The number of morpholine rings is 1. The number of ether oxygens (including phenoxy) is 3. The molecular formula is C49H63F4N9O7S. The molecule has 21 heteroatoms. The first-order valence-electron chi connectivity index (χ1n) is 24.0. The molecule has 0 spiro atoms. The number of nitrogens with one attached hydrogen (secondary N) is 2. The van der Waals surface area contributed by atoms with Crippen LogP contribution in [-0.4, -0.2) is 144 Å². The fourth-order valence-electron chi connectivity index (χ4n) is 10.0. The summed E-state index contributed by atoms with van der Waals surface area (Å²) in [5.74, 6) is -4.55. The fourth-order valence-corrected chi connectivity index (χ4v) is 10.8. The highest BCUT2D eigenvalue weighted by Gasteiger charge is 2.50. The first-order valence-corrected chi connectivity index (χ1v) is 24.9. The van der Waals surface area contributed by atoms with Crippen molar-refractivity contribution in [2.45, 2.75) is 104 Å². The number of aromatic nitrogens is 3. The van der Waals surface area contributed by atoms with Gasteiger partial charge in [-0.15, -0.1) is 11.3 Å². The third-order valence-corrected chi connectivity index (χ3v) is 14.8. The molecule has 4 amide bonds. The molecular weight excluding hydrogens is 935 g/mol. The number of pyridine rings is 1. The van der Waals surface area contributed by atoms with E-state index in [-0.39, 0.29) is 25.1 Å². The van der Waals surface area contributed by atoms with Crippen molar-refractivity contribution in [3.8, 4) is 22.5 Å². The number of esters is 1. The lowest BCUT2D eigenvalue weighted by molar-refractivity contribution is -0.203. The number of benzene rings is 1. The summed E-state index contributed by atoms with van der Waals surface area (Å²) in [4.78, 5) is 70.5. The zero-order valence-electron chi connectivity index (χ0n) is 41.0. The molecule has 4 atom stereocenters. The Balaban J connectivity index is 1.21. The Bertz CT molecular complexity index is 2610. The summed E-state index contributed by atoms with van der Waals surface area (Å²) in [5, 5.41) is 6.99. The second kappa shape index (κ2) is 20.4. The average Bonchev–Trinajstić information content (AvgIpc) is 3.89. The van der Waals surface area contributed by atoms with Crippen molar-refractivity contribution in [1.82, 2.24) is 40.1 Å². The van der Waals surface area contributed by atoms with Crippen LogP contribution in [0.1, 0.15) is 76.8 Å². The van der Waals surface area contributed by atoms with Crippen LogP contribution in [0.25, 0.3) is 33.4 Å². The standard InChI is InChI=1S/C49H63F4N9O7S/c1-9-61-39-19-35(50)32-18-31(39)34(43(61)33-17-30(59-13-15-68-16-14-59)22-54-41(33)28(4)67-8)21-48(5,6)26-69-46(65)36-11-10-12-62(57-36)45(64)37(20-40-55-38(32)25-70-40)56-44(63)42(27(2)3)58(7)47(66)60-23-29(24-60)49(51,52)53/h17-19,22,25,27-29,36-37,42,57H,9-16,20-21,23-24,26H2,1-8H3,(H,56,63)/t28-,36-,37-,42-/m0/s1. The number of hydrazine groups is 1. The lowest BCUT2D eigenvalue weighted by Crippen LogP contribution is -2.64. The number of thiazole rings is 1. The maximum absolute atomic E-state index is 16.9. The van der Waals surface area contributed by atoms with Crippen LogP contribution >= 0.6 is 11.3 Å². The smallest absolute Gasteiger partial charge is 0.395 e. The number of aryl methyl sites for hydroxylation is 1. The Labute approximate surface area is 409 Å². The van der Waals surface area contributed by atoms with Crippen LogP contribution in [0.15, 0.2) is 29.8 Å². The predicted molar refractivity (Wildman–Crippen MR) is 255 cm³/mol. The second-order valence-corrected chi connectivity index (χ2v) is 20.8. The molecule has 0 aliphatic carbocycles. The lowest BCUT2D eigenvalue weighted by Gasteiger charge is -2.43. The van der Waals surface area contributed by atoms with Crippen molar-refractivity contribution in [3.63, 3.8) is 0 Å². The van der Waals surface area contributed by atoms with Gasteiger partial charge >= 0.3 is 18.2 Å². The number of likely N-dealkylation sites (tertiary alicyclic amines) is 1. The van der Waals surface area contributed by atoms with Crippen molar-refractivity contribution in [2.24, 2.45) is 17.3 Å². The number of cyclic esters (lactones) is 1. The largest absolute Gasteiger partial charge is 0.464 e. The zero-order chi connectivity index (χ0) is 50.4. The summed E-state index contributed by atoms with van der Waals surface area (Å²) in [5.41, 5.74) is 7.75. The average molecular weight is 998 g/mol. The summed E-state index contributed by atoms with van der Waals surface area (Å²) in [6, 6.07) is 1.34. The van der Waals surface area contributed by atoms with E-state index in [0.29, 0.717) is 74.0 Å². The molecule has 3 aromatic heterocycles. The number of fused-ring (bicyclic) bond motifs is 6. The number of hydrogen-bond acceptors (Lipinski definition) is 12. The number of methoxy groups -OCH3 is 1. The Kier molecular flexibility index (Phi) is 14.9. The van der Waals surface area contributed by atoms with E-state index in [4.69, 9.17) is 24.2 Å². The molecule has 380 valence electrons. The molecule has 4 aromatic rings. The number of urea groups is 1.